The van der Waals surface area contributed by atoms with Crippen LogP contribution in [0.2, 0.25) is 0 Å². The zero-order valence-electron chi connectivity index (χ0n) is 12.4. The first-order valence-electron chi connectivity index (χ1n) is 6.64. The van der Waals surface area contributed by atoms with Gasteiger partial charge in [0.15, 0.2) is 6.61 Å². The number of carbonyl (C=O) groups excluding carboxylic acids is 2. The minimum absolute atomic E-state index is 0.283. The first-order valence-corrected chi connectivity index (χ1v) is 6.64. The number of primary amides is 1. The number of benzene rings is 1. The van der Waals surface area contributed by atoms with Gasteiger partial charge in [-0.05, 0) is 37.5 Å². The molecular weight excluding hydrogens is 256 g/mol. The van der Waals surface area contributed by atoms with Crippen molar-refractivity contribution >= 4 is 17.6 Å². The molecular formula is C15H22N2O3. The van der Waals surface area contributed by atoms with Crippen LogP contribution in [0.4, 0.5) is 5.69 Å². The topological polar surface area (TPSA) is 81.4 Å². The molecule has 0 aliphatic carbocycles. The van der Waals surface area contributed by atoms with E-state index in [1.54, 1.807) is 12.1 Å². The van der Waals surface area contributed by atoms with E-state index in [-0.39, 0.29) is 6.04 Å². The van der Waals surface area contributed by atoms with Gasteiger partial charge in [0.2, 0.25) is 0 Å². The number of rotatable bonds is 6. The molecule has 1 amide bonds. The predicted octanol–water partition coefficient (Wildman–Crippen LogP) is 2.09. The van der Waals surface area contributed by atoms with Gasteiger partial charge >= 0.3 is 5.97 Å². The maximum atomic E-state index is 11.9. The summed E-state index contributed by atoms with van der Waals surface area (Å²) < 4.78 is 4.84. The zero-order valence-corrected chi connectivity index (χ0v) is 12.4. The molecule has 3 N–H and O–H groups in total. The third kappa shape index (κ3) is 4.26. The smallest absolute Gasteiger partial charge is 0.338 e. The van der Waals surface area contributed by atoms with Crippen LogP contribution in [-0.4, -0.2) is 24.5 Å². The van der Waals surface area contributed by atoms with E-state index in [1.807, 2.05) is 13.0 Å². The van der Waals surface area contributed by atoms with Crippen molar-refractivity contribution in [3.8, 4) is 0 Å². The molecule has 0 aromatic heterocycles. The Kier molecular flexibility index (Phi) is 5.55. The SMILES string of the molecule is Cc1c(NC(C)C(C)C)cccc1C(=O)OCC(N)=O. The summed E-state index contributed by atoms with van der Waals surface area (Å²) in [7, 11) is 0. The second-order valence-corrected chi connectivity index (χ2v) is 5.20. The second kappa shape index (κ2) is 6.93. The number of amides is 1. The van der Waals surface area contributed by atoms with Crippen LogP contribution in [0, 0.1) is 12.8 Å². The van der Waals surface area contributed by atoms with E-state index in [2.05, 4.69) is 26.1 Å². The minimum atomic E-state index is -0.668. The Morgan fingerprint density at radius 1 is 1.30 bits per heavy atom. The summed E-state index contributed by atoms with van der Waals surface area (Å²) in [4.78, 5) is 22.5. The molecule has 1 aromatic carbocycles. The average molecular weight is 278 g/mol. The molecule has 1 aromatic rings. The first kappa shape index (κ1) is 16.0. The number of hydrogen-bond acceptors (Lipinski definition) is 4. The Hall–Kier alpha value is -2.04. The molecule has 0 saturated heterocycles. The zero-order chi connectivity index (χ0) is 15.3. The number of ether oxygens (including phenoxy) is 1. The lowest BCUT2D eigenvalue weighted by molar-refractivity contribution is -0.121. The number of nitrogens with two attached hydrogens (primary N) is 1. The maximum absolute atomic E-state index is 11.9. The van der Waals surface area contributed by atoms with E-state index in [4.69, 9.17) is 10.5 Å². The second-order valence-electron chi connectivity index (χ2n) is 5.20. The van der Waals surface area contributed by atoms with Crippen LogP contribution in [0.15, 0.2) is 18.2 Å². The molecule has 0 radical (unpaired) electrons. The van der Waals surface area contributed by atoms with E-state index >= 15 is 0 Å². The van der Waals surface area contributed by atoms with Crippen molar-refractivity contribution in [2.45, 2.75) is 33.7 Å². The van der Waals surface area contributed by atoms with Crippen LogP contribution < -0.4 is 11.1 Å². The van der Waals surface area contributed by atoms with Crippen molar-refractivity contribution in [1.82, 2.24) is 0 Å². The first-order chi connectivity index (χ1) is 9.32. The number of nitrogens with one attached hydrogen (secondary N) is 1. The molecule has 0 spiro atoms. The summed E-state index contributed by atoms with van der Waals surface area (Å²) in [6.07, 6.45) is 0. The molecule has 0 bridgehead atoms. The van der Waals surface area contributed by atoms with Gasteiger partial charge in [-0.25, -0.2) is 4.79 Å². The lowest BCUT2D eigenvalue weighted by atomic mass is 10.0. The van der Waals surface area contributed by atoms with Crippen LogP contribution in [-0.2, 0) is 9.53 Å². The molecule has 0 heterocycles. The molecule has 110 valence electrons. The van der Waals surface area contributed by atoms with Crippen LogP contribution in [0.5, 0.6) is 0 Å². The van der Waals surface area contributed by atoms with Crippen LogP contribution in [0.25, 0.3) is 0 Å². The van der Waals surface area contributed by atoms with Gasteiger partial charge in [0, 0.05) is 11.7 Å². The summed E-state index contributed by atoms with van der Waals surface area (Å²) in [5.74, 6) is -0.735. The highest BCUT2D eigenvalue weighted by molar-refractivity contribution is 5.94. The van der Waals surface area contributed by atoms with Crippen molar-refractivity contribution in [2.75, 3.05) is 11.9 Å². The number of anilines is 1. The highest BCUT2D eigenvalue weighted by Gasteiger charge is 2.15. The fourth-order valence-electron chi connectivity index (χ4n) is 1.64. The van der Waals surface area contributed by atoms with Gasteiger partial charge in [0.1, 0.15) is 0 Å². The maximum Gasteiger partial charge on any atom is 0.338 e. The summed E-state index contributed by atoms with van der Waals surface area (Å²) in [5, 5.41) is 3.37. The Bertz CT molecular complexity index is 498. The molecule has 5 heteroatoms. The standard InChI is InChI=1S/C15H22N2O3/c1-9(2)11(4)17-13-7-5-6-12(10(13)3)15(19)20-8-14(16)18/h5-7,9,11,17H,8H2,1-4H3,(H2,16,18). The molecule has 5 nitrogen and oxygen atoms in total. The van der Waals surface area contributed by atoms with E-state index in [0.29, 0.717) is 11.5 Å². The number of esters is 1. The van der Waals surface area contributed by atoms with E-state index < -0.39 is 18.5 Å². The predicted molar refractivity (Wildman–Crippen MR) is 78.6 cm³/mol. The van der Waals surface area contributed by atoms with Gasteiger partial charge in [-0.15, -0.1) is 0 Å². The largest absolute Gasteiger partial charge is 0.452 e. The molecule has 1 rings (SSSR count). The van der Waals surface area contributed by atoms with Crippen LogP contribution >= 0.6 is 0 Å². The van der Waals surface area contributed by atoms with E-state index in [0.717, 1.165) is 11.3 Å². The van der Waals surface area contributed by atoms with E-state index in [9.17, 15) is 9.59 Å². The Morgan fingerprint density at radius 2 is 1.95 bits per heavy atom. The summed E-state index contributed by atoms with van der Waals surface area (Å²) in [6, 6.07) is 5.65. The Labute approximate surface area is 119 Å². The molecule has 20 heavy (non-hydrogen) atoms. The van der Waals surface area contributed by atoms with Gasteiger partial charge in [0.25, 0.3) is 5.91 Å². The highest BCUT2D eigenvalue weighted by Crippen LogP contribution is 2.21. The summed E-state index contributed by atoms with van der Waals surface area (Å²) >= 11 is 0. The lowest BCUT2D eigenvalue weighted by Gasteiger charge is -2.21. The monoisotopic (exact) mass is 278 g/mol. The van der Waals surface area contributed by atoms with Gasteiger partial charge < -0.3 is 15.8 Å². The molecule has 1 atom stereocenters. The van der Waals surface area contributed by atoms with Crippen molar-refractivity contribution in [3.05, 3.63) is 29.3 Å². The molecule has 0 aliphatic heterocycles. The quantitative estimate of drug-likeness (QED) is 0.781. The fraction of sp³-hybridized carbons (Fsp3) is 0.467. The third-order valence-electron chi connectivity index (χ3n) is 3.28. The van der Waals surface area contributed by atoms with Gasteiger partial charge in [-0.3, -0.25) is 4.79 Å². The molecule has 0 saturated carbocycles. The van der Waals surface area contributed by atoms with Crippen molar-refractivity contribution in [2.24, 2.45) is 11.7 Å². The van der Waals surface area contributed by atoms with Gasteiger partial charge in [-0.2, -0.15) is 0 Å². The fourth-order valence-corrected chi connectivity index (χ4v) is 1.64. The van der Waals surface area contributed by atoms with Crippen molar-refractivity contribution in [3.63, 3.8) is 0 Å². The number of hydrogen-bond donors (Lipinski definition) is 2. The van der Waals surface area contributed by atoms with Crippen molar-refractivity contribution < 1.29 is 14.3 Å². The van der Waals surface area contributed by atoms with Gasteiger partial charge in [0.05, 0.1) is 5.56 Å². The minimum Gasteiger partial charge on any atom is -0.452 e. The normalized spacial score (nSPS) is 12.1. The summed E-state index contributed by atoms with van der Waals surface area (Å²) in [6.45, 7) is 7.77. The van der Waals surface area contributed by atoms with Crippen LogP contribution in [0.3, 0.4) is 0 Å². The summed E-state index contributed by atoms with van der Waals surface area (Å²) in [5.41, 5.74) is 7.08. The number of carbonyl (C=O) groups is 2. The van der Waals surface area contributed by atoms with Crippen LogP contribution in [0.1, 0.15) is 36.7 Å². The lowest BCUT2D eigenvalue weighted by Crippen LogP contribution is -2.23. The van der Waals surface area contributed by atoms with Gasteiger partial charge in [-0.1, -0.05) is 19.9 Å². The Balaban J connectivity index is 2.89. The molecule has 1 unspecified atom stereocenters. The highest BCUT2D eigenvalue weighted by atomic mass is 16.5. The molecule has 0 fully saturated rings. The third-order valence-corrected chi connectivity index (χ3v) is 3.28. The Morgan fingerprint density at radius 3 is 2.50 bits per heavy atom. The average Bonchev–Trinajstić information content (AvgIpc) is 2.38. The molecule has 0 aliphatic rings. The van der Waals surface area contributed by atoms with Crippen molar-refractivity contribution in [1.29, 1.82) is 0 Å². The van der Waals surface area contributed by atoms with E-state index in [1.165, 1.54) is 0 Å².